The Bertz CT molecular complexity index is 249. The number of β-amino-alcohol motifs (C(OH)–C–C–N with tert-alkyl or cyclic N) is 1. The molecule has 0 saturated carbocycles. The number of likely N-dealkylation sites (tertiary alicyclic amines) is 2. The molecule has 1 N–H and O–H groups in total. The Hall–Kier alpha value is -0.120. The topological polar surface area (TPSA) is 26.7 Å². The van der Waals surface area contributed by atoms with Gasteiger partial charge in [-0.2, -0.15) is 0 Å². The van der Waals surface area contributed by atoms with E-state index in [-0.39, 0.29) is 0 Å². The van der Waals surface area contributed by atoms with Crippen molar-refractivity contribution in [1.82, 2.24) is 9.80 Å². The van der Waals surface area contributed by atoms with E-state index in [1.54, 1.807) is 0 Å². The Labute approximate surface area is 99.4 Å². The fourth-order valence-electron chi connectivity index (χ4n) is 3.20. The minimum atomic E-state index is 0.305. The van der Waals surface area contributed by atoms with Crippen molar-refractivity contribution in [3.8, 4) is 0 Å². The van der Waals surface area contributed by atoms with Crippen molar-refractivity contribution in [2.24, 2.45) is 5.41 Å². The molecule has 0 amide bonds. The van der Waals surface area contributed by atoms with E-state index in [1.807, 2.05) is 0 Å². The van der Waals surface area contributed by atoms with Gasteiger partial charge in [0.25, 0.3) is 0 Å². The van der Waals surface area contributed by atoms with E-state index >= 15 is 0 Å². The third kappa shape index (κ3) is 2.41. The summed E-state index contributed by atoms with van der Waals surface area (Å²) in [5.41, 5.74) is 0.844. The summed E-state index contributed by atoms with van der Waals surface area (Å²) in [6, 6.07) is 0. The molecule has 0 aromatic rings. The van der Waals surface area contributed by atoms with E-state index < -0.39 is 0 Å². The summed E-state index contributed by atoms with van der Waals surface area (Å²) in [5, 5.41) is 8.99. The van der Waals surface area contributed by atoms with E-state index in [0.29, 0.717) is 17.6 Å². The predicted molar refractivity (Wildman–Crippen MR) is 66.5 cm³/mol. The number of nitrogens with zero attached hydrogens (tertiary/aromatic N) is 2. The average Bonchev–Trinajstić information content (AvgIpc) is 2.75. The quantitative estimate of drug-likeness (QED) is 0.766. The molecule has 1 atom stereocenters. The summed E-state index contributed by atoms with van der Waals surface area (Å²) in [6.45, 7) is 13.0. The molecule has 0 aromatic carbocycles. The van der Waals surface area contributed by atoms with E-state index in [9.17, 15) is 0 Å². The van der Waals surface area contributed by atoms with Crippen molar-refractivity contribution < 1.29 is 5.11 Å². The van der Waals surface area contributed by atoms with E-state index in [1.165, 1.54) is 39.0 Å². The summed E-state index contributed by atoms with van der Waals surface area (Å²) in [7, 11) is 0. The van der Waals surface area contributed by atoms with Gasteiger partial charge in [0.15, 0.2) is 0 Å². The molecule has 94 valence electrons. The minimum absolute atomic E-state index is 0.305. The number of hydrogen-bond donors (Lipinski definition) is 1. The molecule has 1 spiro atoms. The van der Waals surface area contributed by atoms with Crippen molar-refractivity contribution in [2.45, 2.75) is 39.2 Å². The second-order valence-corrected chi connectivity index (χ2v) is 6.59. The standard InChI is InChI=1S/C13H26N2O/c1-12(2,3)15-7-5-13(11-15)4-6-14(10-13)8-9-16/h16H,4-11H2,1-3H3. The van der Waals surface area contributed by atoms with Crippen molar-refractivity contribution in [2.75, 3.05) is 39.3 Å². The molecule has 0 aromatic heterocycles. The Balaban J connectivity index is 1.93. The fraction of sp³-hybridized carbons (Fsp3) is 1.00. The van der Waals surface area contributed by atoms with Crippen LogP contribution in [0, 0.1) is 5.41 Å². The van der Waals surface area contributed by atoms with Crippen LogP contribution in [-0.4, -0.2) is 59.8 Å². The fourth-order valence-corrected chi connectivity index (χ4v) is 3.20. The molecule has 2 saturated heterocycles. The SMILES string of the molecule is CC(C)(C)N1CCC2(CCN(CCO)C2)C1. The Morgan fingerprint density at radius 2 is 1.81 bits per heavy atom. The number of aliphatic hydroxyl groups is 1. The molecule has 0 radical (unpaired) electrons. The summed E-state index contributed by atoms with van der Waals surface area (Å²) in [6.07, 6.45) is 2.66. The van der Waals surface area contributed by atoms with Crippen LogP contribution in [-0.2, 0) is 0 Å². The molecular formula is C13H26N2O. The van der Waals surface area contributed by atoms with Gasteiger partial charge < -0.3 is 10.0 Å². The number of aliphatic hydroxyl groups excluding tert-OH is 1. The van der Waals surface area contributed by atoms with Crippen molar-refractivity contribution in [3.63, 3.8) is 0 Å². The first-order valence-corrected chi connectivity index (χ1v) is 6.54. The van der Waals surface area contributed by atoms with Crippen LogP contribution >= 0.6 is 0 Å². The lowest BCUT2D eigenvalue weighted by Gasteiger charge is -2.33. The summed E-state index contributed by atoms with van der Waals surface area (Å²) < 4.78 is 0. The molecule has 0 aliphatic carbocycles. The molecule has 3 nitrogen and oxygen atoms in total. The van der Waals surface area contributed by atoms with Crippen LogP contribution in [0.2, 0.25) is 0 Å². The lowest BCUT2D eigenvalue weighted by Crippen LogP contribution is -2.41. The van der Waals surface area contributed by atoms with Crippen LogP contribution in [0.4, 0.5) is 0 Å². The molecule has 2 aliphatic rings. The molecule has 16 heavy (non-hydrogen) atoms. The first-order valence-electron chi connectivity index (χ1n) is 6.54. The lowest BCUT2D eigenvalue weighted by molar-refractivity contribution is 0.145. The van der Waals surface area contributed by atoms with E-state index in [4.69, 9.17) is 5.11 Å². The third-order valence-electron chi connectivity index (χ3n) is 4.32. The average molecular weight is 226 g/mol. The maximum absolute atomic E-state index is 8.99. The third-order valence-corrected chi connectivity index (χ3v) is 4.32. The second kappa shape index (κ2) is 4.28. The van der Waals surface area contributed by atoms with Gasteiger partial charge in [0.05, 0.1) is 6.61 Å². The van der Waals surface area contributed by atoms with Crippen LogP contribution in [0.3, 0.4) is 0 Å². The highest BCUT2D eigenvalue weighted by Gasteiger charge is 2.45. The van der Waals surface area contributed by atoms with Gasteiger partial charge in [-0.1, -0.05) is 0 Å². The molecule has 0 bridgehead atoms. The first-order chi connectivity index (χ1) is 7.45. The molecule has 3 heteroatoms. The Morgan fingerprint density at radius 3 is 2.38 bits per heavy atom. The van der Waals surface area contributed by atoms with Gasteiger partial charge in [-0.15, -0.1) is 0 Å². The van der Waals surface area contributed by atoms with Gasteiger partial charge in [0.1, 0.15) is 0 Å². The highest BCUT2D eigenvalue weighted by atomic mass is 16.3. The minimum Gasteiger partial charge on any atom is -0.395 e. The predicted octanol–water partition coefficient (Wildman–Crippen LogP) is 1.18. The van der Waals surface area contributed by atoms with Crippen LogP contribution in [0.15, 0.2) is 0 Å². The smallest absolute Gasteiger partial charge is 0.0558 e. The summed E-state index contributed by atoms with van der Waals surface area (Å²) in [4.78, 5) is 5.04. The van der Waals surface area contributed by atoms with Gasteiger partial charge >= 0.3 is 0 Å². The van der Waals surface area contributed by atoms with E-state index in [0.717, 1.165) is 6.54 Å². The zero-order valence-corrected chi connectivity index (χ0v) is 11.0. The van der Waals surface area contributed by atoms with Crippen LogP contribution in [0.25, 0.3) is 0 Å². The zero-order valence-electron chi connectivity index (χ0n) is 11.0. The summed E-state index contributed by atoms with van der Waals surface area (Å²) >= 11 is 0. The van der Waals surface area contributed by atoms with Crippen LogP contribution in [0.1, 0.15) is 33.6 Å². The normalized spacial score (nSPS) is 33.0. The van der Waals surface area contributed by atoms with Gasteiger partial charge in [-0.25, -0.2) is 0 Å². The molecule has 2 heterocycles. The monoisotopic (exact) mass is 226 g/mol. The first kappa shape index (κ1) is 12.3. The molecule has 1 unspecified atom stereocenters. The Kier molecular flexibility index (Phi) is 3.30. The van der Waals surface area contributed by atoms with Gasteiger partial charge in [0.2, 0.25) is 0 Å². The van der Waals surface area contributed by atoms with Gasteiger partial charge in [0, 0.05) is 25.2 Å². The van der Waals surface area contributed by atoms with Crippen LogP contribution in [0.5, 0.6) is 0 Å². The van der Waals surface area contributed by atoms with Crippen molar-refractivity contribution in [1.29, 1.82) is 0 Å². The highest BCUT2D eigenvalue weighted by molar-refractivity contribution is 4.99. The molecule has 2 fully saturated rings. The van der Waals surface area contributed by atoms with Gasteiger partial charge in [-0.3, -0.25) is 4.90 Å². The van der Waals surface area contributed by atoms with Gasteiger partial charge in [-0.05, 0) is 52.1 Å². The highest BCUT2D eigenvalue weighted by Crippen LogP contribution is 2.41. The Morgan fingerprint density at radius 1 is 1.12 bits per heavy atom. The lowest BCUT2D eigenvalue weighted by atomic mass is 9.86. The van der Waals surface area contributed by atoms with Crippen LogP contribution < -0.4 is 0 Å². The molecule has 2 rings (SSSR count). The largest absolute Gasteiger partial charge is 0.395 e. The zero-order chi connectivity index (χ0) is 11.8. The van der Waals surface area contributed by atoms with Crippen molar-refractivity contribution in [3.05, 3.63) is 0 Å². The molecular weight excluding hydrogens is 200 g/mol. The maximum atomic E-state index is 8.99. The maximum Gasteiger partial charge on any atom is 0.0558 e. The number of hydrogen-bond acceptors (Lipinski definition) is 3. The van der Waals surface area contributed by atoms with E-state index in [2.05, 4.69) is 30.6 Å². The molecule has 2 aliphatic heterocycles. The number of rotatable bonds is 2. The van der Waals surface area contributed by atoms with Crippen molar-refractivity contribution >= 4 is 0 Å². The second-order valence-electron chi connectivity index (χ2n) is 6.59. The summed E-state index contributed by atoms with van der Waals surface area (Å²) in [5.74, 6) is 0.